The number of hydrogen-bond donors (Lipinski definition) is 2. The van der Waals surface area contributed by atoms with Gasteiger partial charge in [0, 0.05) is 23.1 Å². The summed E-state index contributed by atoms with van der Waals surface area (Å²) in [6.07, 6.45) is 2.51. The number of benzene rings is 2. The molecule has 5 heterocycles. The van der Waals surface area contributed by atoms with Crippen LogP contribution in [0.3, 0.4) is 0 Å². The summed E-state index contributed by atoms with van der Waals surface area (Å²) >= 11 is 0. The summed E-state index contributed by atoms with van der Waals surface area (Å²) in [6.45, 7) is 0.644. The molecule has 7 rings (SSSR count). The molecule has 1 atom stereocenters. The lowest BCUT2D eigenvalue weighted by Crippen LogP contribution is -2.29. The minimum atomic E-state index is -0.573. The van der Waals surface area contributed by atoms with Crippen molar-refractivity contribution in [1.82, 2.24) is 14.8 Å². The molecular weight excluding hydrogens is 392 g/mol. The summed E-state index contributed by atoms with van der Waals surface area (Å²) in [7, 11) is 0. The Hall–Kier alpha value is -4.13. The van der Waals surface area contributed by atoms with Gasteiger partial charge in [-0.15, -0.1) is 0 Å². The highest BCUT2D eigenvalue weighted by molar-refractivity contribution is 5.95. The van der Waals surface area contributed by atoms with Gasteiger partial charge in [-0.3, -0.25) is 9.89 Å². The van der Waals surface area contributed by atoms with Crippen LogP contribution in [-0.2, 0) is 13.0 Å². The number of rotatable bonds is 1. The molecule has 2 aliphatic heterocycles. The van der Waals surface area contributed by atoms with E-state index in [0.29, 0.717) is 34.8 Å². The molecule has 150 valence electrons. The Morgan fingerprint density at radius 3 is 2.90 bits per heavy atom. The maximum Gasteiger partial charge on any atom is 0.342 e. The zero-order valence-electron chi connectivity index (χ0n) is 16.3. The summed E-state index contributed by atoms with van der Waals surface area (Å²) in [5.41, 5.74) is 4.55. The molecule has 0 saturated heterocycles. The normalized spacial score (nSPS) is 16.3. The maximum atomic E-state index is 13.6. The number of nitrogens with zero attached hydrogens (tertiary/aromatic N) is 2. The van der Waals surface area contributed by atoms with Gasteiger partial charge in [0.05, 0.1) is 28.9 Å². The van der Waals surface area contributed by atoms with Crippen molar-refractivity contribution in [1.29, 1.82) is 0 Å². The third-order valence-electron chi connectivity index (χ3n) is 6.51. The number of pyridine rings is 1. The molecule has 2 aliphatic rings. The Bertz CT molecular complexity index is 1670. The van der Waals surface area contributed by atoms with Crippen LogP contribution < -0.4 is 16.5 Å². The van der Waals surface area contributed by atoms with Gasteiger partial charge >= 0.3 is 5.63 Å². The van der Waals surface area contributed by atoms with Gasteiger partial charge in [-0.2, -0.15) is 5.10 Å². The summed E-state index contributed by atoms with van der Waals surface area (Å²) in [5.74, 6) is 0.110. The van der Waals surface area contributed by atoms with E-state index >= 15 is 0 Å². The molecule has 0 bridgehead atoms. The van der Waals surface area contributed by atoms with Crippen molar-refractivity contribution >= 4 is 33.4 Å². The van der Waals surface area contributed by atoms with Gasteiger partial charge in [-0.25, -0.2) is 4.79 Å². The summed E-state index contributed by atoms with van der Waals surface area (Å²) in [4.78, 5) is 26.8. The number of anilines is 2. The van der Waals surface area contributed by atoms with Gasteiger partial charge in [0.25, 0.3) is 5.56 Å². The van der Waals surface area contributed by atoms with Gasteiger partial charge in [-0.05, 0) is 35.6 Å². The lowest BCUT2D eigenvalue weighted by molar-refractivity contribution is 0.548. The zero-order chi connectivity index (χ0) is 20.7. The standard InChI is InChI=1S/C24H16N4O3/c29-23-15(10-13-5-3-4-12-8-9-28(23)21(12)13)18-16-11-25-27-22(16)26-20-14-6-1-2-7-17(14)31-24(30)19(18)20/h1-7,10-11,18H,8-9H2,(H2,25,26,27)/t18-/m1/s1. The Morgan fingerprint density at radius 2 is 1.97 bits per heavy atom. The molecule has 0 unspecified atom stereocenters. The second-order valence-corrected chi connectivity index (χ2v) is 8.09. The van der Waals surface area contributed by atoms with Crippen LogP contribution in [0.4, 0.5) is 11.5 Å². The molecule has 0 saturated carbocycles. The fourth-order valence-electron chi connectivity index (χ4n) is 5.18. The van der Waals surface area contributed by atoms with Crippen LogP contribution in [0.15, 0.2) is 68.7 Å². The zero-order valence-corrected chi connectivity index (χ0v) is 16.3. The van der Waals surface area contributed by atoms with Crippen molar-refractivity contribution in [3.63, 3.8) is 0 Å². The van der Waals surface area contributed by atoms with Crippen LogP contribution in [0, 0.1) is 0 Å². The van der Waals surface area contributed by atoms with E-state index in [1.165, 1.54) is 5.56 Å². The first-order valence-electron chi connectivity index (χ1n) is 10.2. The van der Waals surface area contributed by atoms with Gasteiger partial charge in [0.15, 0.2) is 0 Å². The molecule has 7 nitrogen and oxygen atoms in total. The van der Waals surface area contributed by atoms with E-state index < -0.39 is 11.5 Å². The molecular formula is C24H16N4O3. The molecule has 0 radical (unpaired) electrons. The molecule has 0 aliphatic carbocycles. The van der Waals surface area contributed by atoms with Crippen molar-refractivity contribution in [2.24, 2.45) is 0 Å². The summed E-state index contributed by atoms with van der Waals surface area (Å²) in [6, 6.07) is 15.4. The molecule has 7 heteroatoms. The van der Waals surface area contributed by atoms with Crippen molar-refractivity contribution in [2.45, 2.75) is 18.9 Å². The van der Waals surface area contributed by atoms with Crippen LogP contribution in [-0.4, -0.2) is 14.8 Å². The van der Waals surface area contributed by atoms with E-state index in [2.05, 4.69) is 21.6 Å². The molecule has 0 fully saturated rings. The van der Waals surface area contributed by atoms with E-state index in [1.807, 2.05) is 41.0 Å². The Kier molecular flexibility index (Phi) is 3.07. The highest BCUT2D eigenvalue weighted by atomic mass is 16.4. The number of para-hydroxylation sites is 2. The first-order chi connectivity index (χ1) is 15.2. The second-order valence-electron chi connectivity index (χ2n) is 8.09. The quantitative estimate of drug-likeness (QED) is 0.405. The number of aromatic amines is 1. The Morgan fingerprint density at radius 1 is 1.06 bits per heavy atom. The third-order valence-corrected chi connectivity index (χ3v) is 6.51. The van der Waals surface area contributed by atoms with E-state index in [1.54, 1.807) is 12.3 Å². The largest absolute Gasteiger partial charge is 0.422 e. The highest BCUT2D eigenvalue weighted by Crippen LogP contribution is 2.44. The fourth-order valence-corrected chi connectivity index (χ4v) is 5.18. The minimum Gasteiger partial charge on any atom is -0.422 e. The summed E-state index contributed by atoms with van der Waals surface area (Å²) in [5, 5.41) is 12.3. The van der Waals surface area contributed by atoms with Gasteiger partial charge in [0.1, 0.15) is 11.4 Å². The van der Waals surface area contributed by atoms with Crippen LogP contribution in [0.1, 0.15) is 28.2 Å². The van der Waals surface area contributed by atoms with E-state index in [9.17, 15) is 9.59 Å². The monoisotopic (exact) mass is 408 g/mol. The van der Waals surface area contributed by atoms with Crippen LogP contribution in [0.2, 0.25) is 0 Å². The number of nitrogens with one attached hydrogen (secondary N) is 2. The lowest BCUT2D eigenvalue weighted by Gasteiger charge is -2.26. The lowest BCUT2D eigenvalue weighted by atomic mass is 9.83. The first-order valence-corrected chi connectivity index (χ1v) is 10.2. The molecule has 31 heavy (non-hydrogen) atoms. The molecule has 0 amide bonds. The molecule has 0 spiro atoms. The topological polar surface area (TPSA) is 92.9 Å². The van der Waals surface area contributed by atoms with E-state index in [-0.39, 0.29) is 5.56 Å². The average Bonchev–Trinajstić information content (AvgIpc) is 3.43. The van der Waals surface area contributed by atoms with Gasteiger partial charge in [-0.1, -0.05) is 30.3 Å². The van der Waals surface area contributed by atoms with Crippen LogP contribution >= 0.6 is 0 Å². The smallest absolute Gasteiger partial charge is 0.342 e. The number of fused-ring (bicyclic) bond motifs is 4. The minimum absolute atomic E-state index is 0.0741. The van der Waals surface area contributed by atoms with Crippen molar-refractivity contribution in [3.05, 3.63) is 97.8 Å². The SMILES string of the molecule is O=c1oc2ccccc2c2c1[C@H](c1cc3cccc4c3n(c1=O)CC4)c1cn[nH]c1N2. The predicted molar refractivity (Wildman–Crippen MR) is 117 cm³/mol. The maximum absolute atomic E-state index is 13.6. The Balaban J connectivity index is 1.61. The Labute approximate surface area is 174 Å². The average molecular weight is 408 g/mol. The molecule has 3 aromatic heterocycles. The molecule has 5 aromatic rings. The van der Waals surface area contributed by atoms with Gasteiger partial charge < -0.3 is 14.3 Å². The van der Waals surface area contributed by atoms with Crippen molar-refractivity contribution in [3.8, 4) is 0 Å². The fraction of sp³-hybridized carbons (Fsp3) is 0.125. The summed E-state index contributed by atoms with van der Waals surface area (Å²) < 4.78 is 7.50. The van der Waals surface area contributed by atoms with Crippen molar-refractivity contribution < 1.29 is 4.42 Å². The third kappa shape index (κ3) is 2.10. The number of aryl methyl sites for hydroxylation is 2. The van der Waals surface area contributed by atoms with E-state index in [0.717, 1.165) is 28.3 Å². The molecule has 2 aromatic carbocycles. The van der Waals surface area contributed by atoms with Crippen LogP contribution in [0.5, 0.6) is 0 Å². The molecule has 2 N–H and O–H groups in total. The highest BCUT2D eigenvalue weighted by Gasteiger charge is 2.36. The van der Waals surface area contributed by atoms with Crippen LogP contribution in [0.25, 0.3) is 21.9 Å². The number of aromatic nitrogens is 3. The predicted octanol–water partition coefficient (Wildman–Crippen LogP) is 3.62. The van der Waals surface area contributed by atoms with Gasteiger partial charge in [0.2, 0.25) is 0 Å². The van der Waals surface area contributed by atoms with E-state index in [4.69, 9.17) is 4.42 Å². The number of hydrogen-bond acceptors (Lipinski definition) is 5. The first kappa shape index (κ1) is 16.6. The number of H-pyrrole nitrogens is 1. The van der Waals surface area contributed by atoms with Crippen molar-refractivity contribution in [2.75, 3.05) is 5.32 Å². The second kappa shape index (κ2) is 5.72.